The van der Waals surface area contributed by atoms with Gasteiger partial charge in [0.25, 0.3) is 0 Å². The fourth-order valence-electron chi connectivity index (χ4n) is 3.29. The molecule has 0 aromatic carbocycles. The zero-order valence-electron chi connectivity index (χ0n) is 21.9. The number of nitrogens with zero attached hydrogens (tertiary/aromatic N) is 3. The number of carbonyl (C=O) groups is 1. The first kappa shape index (κ1) is 38.5. The van der Waals surface area contributed by atoms with Gasteiger partial charge in [0, 0.05) is 0 Å². The van der Waals surface area contributed by atoms with E-state index in [0.29, 0.717) is 13.2 Å². The minimum Gasteiger partial charge on any atom is -0.394 e. The number of anilines is 3. The van der Waals surface area contributed by atoms with Crippen LogP contribution >= 0.6 is 0 Å². The third-order valence-electron chi connectivity index (χ3n) is 5.23. The van der Waals surface area contributed by atoms with Crippen LogP contribution in [0.5, 0.6) is 0 Å². The molecule has 21 nitrogen and oxygen atoms in total. The van der Waals surface area contributed by atoms with E-state index >= 15 is 0 Å². The third-order valence-corrected chi connectivity index (χ3v) is 5.23. The number of ether oxygens (including phenoxy) is 4. The number of carbonyl (C=O) groups excluding carboxylic acids is 1. The van der Waals surface area contributed by atoms with E-state index in [4.69, 9.17) is 56.6 Å². The highest BCUT2D eigenvalue weighted by Gasteiger charge is 2.58. The summed E-state index contributed by atoms with van der Waals surface area (Å²) in [4.78, 5) is 18.5. The van der Waals surface area contributed by atoms with E-state index in [2.05, 4.69) is 19.7 Å². The van der Waals surface area contributed by atoms with E-state index in [1.807, 2.05) is 6.79 Å². The molecule has 21 heteroatoms. The number of aliphatic hydroxyl groups is 10. The molecule has 3 heterocycles. The van der Waals surface area contributed by atoms with Crippen LogP contribution in [-0.4, -0.2) is 174 Å². The van der Waals surface area contributed by atoms with Gasteiger partial charge in [-0.05, 0) is 0 Å². The maximum atomic E-state index is 10.00. The number of nitrogens with two attached hydrogens (primary N) is 3. The van der Waals surface area contributed by atoms with Crippen LogP contribution in [-0.2, 0) is 23.7 Å². The predicted octanol–water partition coefficient (Wildman–Crippen LogP) is -7.97. The topological polar surface area (TPSA) is 373 Å². The van der Waals surface area contributed by atoms with Gasteiger partial charge in [0.2, 0.25) is 23.6 Å². The molecule has 0 aliphatic carbocycles. The molecule has 240 valence electrons. The van der Waals surface area contributed by atoms with Gasteiger partial charge in [0.15, 0.2) is 6.29 Å². The lowest BCUT2D eigenvalue weighted by Gasteiger charge is -2.43. The molecule has 2 saturated heterocycles. The second kappa shape index (κ2) is 19.6. The van der Waals surface area contributed by atoms with E-state index in [0.717, 1.165) is 0 Å². The molecule has 1 aromatic heterocycles. The summed E-state index contributed by atoms with van der Waals surface area (Å²) < 4.78 is 20.1. The molecule has 0 radical (unpaired) electrons. The molecule has 0 amide bonds. The predicted molar refractivity (Wildman–Crippen MR) is 134 cm³/mol. The fraction of sp³-hybridized carbons (Fsp3) is 0.800. The molecule has 0 spiro atoms. The van der Waals surface area contributed by atoms with Gasteiger partial charge in [0.1, 0.15) is 56.1 Å². The summed E-state index contributed by atoms with van der Waals surface area (Å²) in [6.45, 7) is 0.373. The van der Waals surface area contributed by atoms with E-state index in [-0.39, 0.29) is 31.1 Å². The maximum Gasteiger partial charge on any atom is 0.226 e. The molecule has 2 fully saturated rings. The monoisotopic (exact) mass is 604 g/mol. The summed E-state index contributed by atoms with van der Waals surface area (Å²) in [6.07, 6.45) is -12.7. The van der Waals surface area contributed by atoms with Gasteiger partial charge >= 0.3 is 0 Å². The Hall–Kier alpha value is -2.48. The second-order valence-electron chi connectivity index (χ2n) is 8.03. The number of nitrogen functional groups attached to an aromatic ring is 3. The van der Waals surface area contributed by atoms with Crippen molar-refractivity contribution in [3.05, 3.63) is 0 Å². The minimum atomic E-state index is -2.22. The molecule has 0 bridgehead atoms. The van der Waals surface area contributed by atoms with E-state index in [1.165, 1.54) is 0 Å². The second-order valence-corrected chi connectivity index (χ2v) is 8.03. The Morgan fingerprint density at radius 1 is 0.732 bits per heavy atom. The van der Waals surface area contributed by atoms with Crippen molar-refractivity contribution in [3.63, 3.8) is 0 Å². The molecule has 2 aliphatic rings. The first-order chi connectivity index (χ1) is 19.4. The Balaban J connectivity index is 0.000000727. The number of hydrogen-bond acceptors (Lipinski definition) is 21. The Morgan fingerprint density at radius 3 is 1.56 bits per heavy atom. The van der Waals surface area contributed by atoms with Crippen LogP contribution in [0.2, 0.25) is 0 Å². The average Bonchev–Trinajstić information content (AvgIpc) is 3.19. The average molecular weight is 605 g/mol. The van der Waals surface area contributed by atoms with Crippen LogP contribution in [0.25, 0.3) is 0 Å². The van der Waals surface area contributed by atoms with Crippen LogP contribution < -0.4 is 17.2 Å². The molecule has 1 aromatic rings. The van der Waals surface area contributed by atoms with E-state index in [9.17, 15) is 30.6 Å². The van der Waals surface area contributed by atoms with Gasteiger partial charge in [-0.3, -0.25) is 0 Å². The molecule has 41 heavy (non-hydrogen) atoms. The van der Waals surface area contributed by atoms with Crippen molar-refractivity contribution >= 4 is 24.6 Å². The normalized spacial score (nSPS) is 32.4. The molecule has 0 saturated carbocycles. The standard InChI is InChI=1S/C12H22O11.C4H10O3.C3H6N6.CH2O/c13-1-4-6(16)8(18)9(19)11(21-4)23-12(3-15)10(20)7(17)5(2-14)22-12;5-1-3-7-4-2-6;4-1-7-2(5)9-3(6)8-1;1-2/h4-11,13-20H,1-3H2;5-6H,1-4H2;(H6,4,5,6,7,8,9);1H2. The van der Waals surface area contributed by atoms with Crippen molar-refractivity contribution in [2.24, 2.45) is 0 Å². The Morgan fingerprint density at radius 2 is 1.20 bits per heavy atom. The highest BCUT2D eigenvalue weighted by Crippen LogP contribution is 2.35. The SMILES string of the molecule is C=O.Nc1nc(N)nc(N)n1.OCC1OC(OC2(CO)OC(CO)C(O)C2O)C(O)C(O)C1O.OCCOCCO. The fourth-order valence-corrected chi connectivity index (χ4v) is 3.29. The molecule has 3 rings (SSSR count). The largest absolute Gasteiger partial charge is 0.394 e. The van der Waals surface area contributed by atoms with Crippen molar-refractivity contribution in [1.29, 1.82) is 0 Å². The summed E-state index contributed by atoms with van der Waals surface area (Å²) in [5.74, 6) is -2.10. The maximum absolute atomic E-state index is 10.00. The third kappa shape index (κ3) is 11.4. The molecular formula is C20H40N6O15. The highest BCUT2D eigenvalue weighted by molar-refractivity contribution is 5.33. The molecule has 16 N–H and O–H groups in total. The van der Waals surface area contributed by atoms with Crippen LogP contribution in [0.15, 0.2) is 0 Å². The zero-order valence-corrected chi connectivity index (χ0v) is 21.9. The van der Waals surface area contributed by atoms with Crippen molar-refractivity contribution in [2.45, 2.75) is 54.8 Å². The summed E-state index contributed by atoms with van der Waals surface area (Å²) in [7, 11) is 0. The number of rotatable bonds is 9. The number of hydrogen-bond donors (Lipinski definition) is 13. The summed E-state index contributed by atoms with van der Waals surface area (Å²) in [5.41, 5.74) is 15.4. The van der Waals surface area contributed by atoms with E-state index in [1.54, 1.807) is 0 Å². The van der Waals surface area contributed by atoms with Crippen LogP contribution in [0.1, 0.15) is 0 Å². The smallest absolute Gasteiger partial charge is 0.226 e. The zero-order chi connectivity index (χ0) is 31.8. The van der Waals surface area contributed by atoms with Crippen molar-refractivity contribution in [1.82, 2.24) is 15.0 Å². The van der Waals surface area contributed by atoms with Crippen molar-refractivity contribution < 1.29 is 74.8 Å². The molecular weight excluding hydrogens is 564 g/mol. The first-order valence-electron chi connectivity index (χ1n) is 11.8. The lowest BCUT2D eigenvalue weighted by atomic mass is 9.99. The Bertz CT molecular complexity index is 794. The summed E-state index contributed by atoms with van der Waals surface area (Å²) in [5, 5.41) is 92.8. The molecule has 2 aliphatic heterocycles. The molecule has 9 unspecified atom stereocenters. The number of aliphatic hydroxyl groups excluding tert-OH is 10. The minimum absolute atomic E-state index is 0.0278. The van der Waals surface area contributed by atoms with Gasteiger partial charge < -0.3 is 92.0 Å². The molecule has 9 atom stereocenters. The van der Waals surface area contributed by atoms with Gasteiger partial charge in [-0.25, -0.2) is 0 Å². The lowest BCUT2D eigenvalue weighted by molar-refractivity contribution is -0.383. The van der Waals surface area contributed by atoms with Crippen LogP contribution in [0, 0.1) is 0 Å². The Kier molecular flexibility index (Phi) is 18.4. The van der Waals surface area contributed by atoms with Gasteiger partial charge in [-0.2, -0.15) is 15.0 Å². The Labute approximate surface area is 233 Å². The van der Waals surface area contributed by atoms with E-state index < -0.39 is 74.6 Å². The van der Waals surface area contributed by atoms with Crippen molar-refractivity contribution in [3.8, 4) is 0 Å². The van der Waals surface area contributed by atoms with Crippen LogP contribution in [0.3, 0.4) is 0 Å². The summed E-state index contributed by atoms with van der Waals surface area (Å²) >= 11 is 0. The van der Waals surface area contributed by atoms with Gasteiger partial charge in [-0.1, -0.05) is 0 Å². The lowest BCUT2D eigenvalue weighted by Crippen LogP contribution is -2.62. The number of aromatic nitrogens is 3. The van der Waals surface area contributed by atoms with Gasteiger partial charge in [-0.15, -0.1) is 0 Å². The van der Waals surface area contributed by atoms with Crippen LogP contribution in [0.4, 0.5) is 17.8 Å². The highest BCUT2D eigenvalue weighted by atomic mass is 16.8. The first-order valence-corrected chi connectivity index (χ1v) is 11.8. The quantitative estimate of drug-likeness (QED) is 0.116. The summed E-state index contributed by atoms with van der Waals surface area (Å²) in [6, 6.07) is 0. The van der Waals surface area contributed by atoms with Gasteiger partial charge in [0.05, 0.1) is 39.6 Å². The van der Waals surface area contributed by atoms with Crippen molar-refractivity contribution in [2.75, 3.05) is 63.4 Å².